The molecule has 1 heterocycles. The molecular weight excluding hydrogens is 306 g/mol. The summed E-state index contributed by atoms with van der Waals surface area (Å²) < 4.78 is 1.27. The Bertz CT molecular complexity index is 346. The minimum absolute atomic E-state index is 0.245. The van der Waals surface area contributed by atoms with Gasteiger partial charge in [-0.3, -0.25) is 0 Å². The molecule has 0 fully saturated rings. The first-order valence-corrected chi connectivity index (χ1v) is 8.39. The minimum Gasteiger partial charge on any atom is -0.312 e. The highest BCUT2D eigenvalue weighted by atomic mass is 79.9. The Balaban J connectivity index is 2.23. The standard InChI is InChI=1S/C15H26BrNS/c1-11(8-9-17-15(3,4)5)6-7-13-10-14(16)12(2)18-13/h10-11,17H,6-9H2,1-5H3. The summed E-state index contributed by atoms with van der Waals surface area (Å²) >= 11 is 5.51. The van der Waals surface area contributed by atoms with Crippen LogP contribution in [0.4, 0.5) is 0 Å². The molecule has 0 aliphatic rings. The Morgan fingerprint density at radius 1 is 1.33 bits per heavy atom. The summed E-state index contributed by atoms with van der Waals surface area (Å²) in [6.07, 6.45) is 3.77. The highest BCUT2D eigenvalue weighted by Gasteiger charge is 2.10. The average Bonchev–Trinajstić information content (AvgIpc) is 2.54. The van der Waals surface area contributed by atoms with Gasteiger partial charge in [-0.25, -0.2) is 0 Å². The van der Waals surface area contributed by atoms with Crippen molar-refractivity contribution >= 4 is 27.3 Å². The Kier molecular flexibility index (Phi) is 6.36. The molecule has 0 amide bonds. The summed E-state index contributed by atoms with van der Waals surface area (Å²) in [5.41, 5.74) is 0.245. The SMILES string of the molecule is Cc1sc(CCC(C)CCNC(C)(C)C)cc1Br. The summed E-state index contributed by atoms with van der Waals surface area (Å²) in [6, 6.07) is 2.28. The van der Waals surface area contributed by atoms with Crippen LogP contribution in [0.3, 0.4) is 0 Å². The van der Waals surface area contributed by atoms with Gasteiger partial charge < -0.3 is 5.32 Å². The van der Waals surface area contributed by atoms with E-state index < -0.39 is 0 Å². The van der Waals surface area contributed by atoms with E-state index in [0.717, 1.165) is 12.5 Å². The molecule has 1 aromatic heterocycles. The number of rotatable bonds is 6. The van der Waals surface area contributed by atoms with E-state index in [-0.39, 0.29) is 5.54 Å². The van der Waals surface area contributed by atoms with Gasteiger partial charge in [0.15, 0.2) is 0 Å². The Morgan fingerprint density at radius 2 is 2.00 bits per heavy atom. The molecule has 1 unspecified atom stereocenters. The first-order chi connectivity index (χ1) is 8.28. The lowest BCUT2D eigenvalue weighted by Gasteiger charge is -2.21. The zero-order valence-corrected chi connectivity index (χ0v) is 14.7. The van der Waals surface area contributed by atoms with Gasteiger partial charge in [-0.05, 0) is 81.4 Å². The maximum absolute atomic E-state index is 3.59. The maximum atomic E-state index is 3.59. The highest BCUT2D eigenvalue weighted by molar-refractivity contribution is 9.10. The molecule has 18 heavy (non-hydrogen) atoms. The molecule has 0 aliphatic carbocycles. The highest BCUT2D eigenvalue weighted by Crippen LogP contribution is 2.28. The lowest BCUT2D eigenvalue weighted by molar-refractivity contribution is 0.387. The van der Waals surface area contributed by atoms with Crippen LogP contribution in [0.1, 0.15) is 50.3 Å². The van der Waals surface area contributed by atoms with E-state index in [4.69, 9.17) is 0 Å². The molecule has 0 bridgehead atoms. The maximum Gasteiger partial charge on any atom is 0.0314 e. The molecule has 1 aromatic rings. The van der Waals surface area contributed by atoms with Gasteiger partial charge >= 0.3 is 0 Å². The van der Waals surface area contributed by atoms with Crippen LogP contribution in [-0.4, -0.2) is 12.1 Å². The normalized spacial score (nSPS) is 13.9. The number of thiophene rings is 1. The number of hydrogen-bond donors (Lipinski definition) is 1. The summed E-state index contributed by atoms with van der Waals surface area (Å²) in [7, 11) is 0. The van der Waals surface area contributed by atoms with Crippen molar-refractivity contribution in [1.82, 2.24) is 5.32 Å². The van der Waals surface area contributed by atoms with Crippen LogP contribution in [0.15, 0.2) is 10.5 Å². The summed E-state index contributed by atoms with van der Waals surface area (Å²) in [5, 5.41) is 3.56. The van der Waals surface area contributed by atoms with Crippen molar-refractivity contribution in [3.8, 4) is 0 Å². The summed E-state index contributed by atoms with van der Waals surface area (Å²) in [4.78, 5) is 2.90. The van der Waals surface area contributed by atoms with Gasteiger partial charge in [0.2, 0.25) is 0 Å². The van der Waals surface area contributed by atoms with Crippen LogP contribution in [0.2, 0.25) is 0 Å². The Hall–Kier alpha value is 0.140. The van der Waals surface area contributed by atoms with Gasteiger partial charge in [-0.1, -0.05) is 6.92 Å². The molecule has 0 radical (unpaired) electrons. The zero-order valence-electron chi connectivity index (χ0n) is 12.3. The molecule has 0 saturated heterocycles. The van der Waals surface area contributed by atoms with Crippen LogP contribution in [0.5, 0.6) is 0 Å². The monoisotopic (exact) mass is 331 g/mol. The second kappa shape index (κ2) is 7.06. The number of halogens is 1. The van der Waals surface area contributed by atoms with E-state index >= 15 is 0 Å². The Morgan fingerprint density at radius 3 is 2.50 bits per heavy atom. The van der Waals surface area contributed by atoms with Crippen molar-refractivity contribution < 1.29 is 0 Å². The molecule has 3 heteroatoms. The molecule has 0 spiro atoms. The molecule has 1 atom stereocenters. The molecule has 1 N–H and O–H groups in total. The third kappa shape index (κ3) is 6.35. The largest absolute Gasteiger partial charge is 0.312 e. The molecule has 0 aromatic carbocycles. The summed E-state index contributed by atoms with van der Waals surface area (Å²) in [6.45, 7) is 12.3. The third-order valence-electron chi connectivity index (χ3n) is 3.08. The minimum atomic E-state index is 0.245. The first kappa shape index (κ1) is 16.2. The van der Waals surface area contributed by atoms with Crippen molar-refractivity contribution in [2.75, 3.05) is 6.54 Å². The Labute approximate surface area is 125 Å². The van der Waals surface area contributed by atoms with Crippen LogP contribution in [0.25, 0.3) is 0 Å². The fraction of sp³-hybridized carbons (Fsp3) is 0.733. The summed E-state index contributed by atoms with van der Waals surface area (Å²) in [5.74, 6) is 0.793. The molecule has 0 aliphatic heterocycles. The molecule has 104 valence electrons. The van der Waals surface area contributed by atoms with Crippen molar-refractivity contribution in [2.24, 2.45) is 5.92 Å². The molecule has 1 rings (SSSR count). The van der Waals surface area contributed by atoms with Crippen LogP contribution in [-0.2, 0) is 6.42 Å². The van der Waals surface area contributed by atoms with E-state index in [0.29, 0.717) is 0 Å². The smallest absolute Gasteiger partial charge is 0.0314 e. The lowest BCUT2D eigenvalue weighted by atomic mass is 10.0. The number of hydrogen-bond acceptors (Lipinski definition) is 2. The van der Waals surface area contributed by atoms with Gasteiger partial charge in [0.1, 0.15) is 0 Å². The fourth-order valence-electron chi connectivity index (χ4n) is 1.87. The van der Waals surface area contributed by atoms with E-state index in [9.17, 15) is 0 Å². The second-order valence-electron chi connectivity index (χ2n) is 6.23. The molecule has 0 saturated carbocycles. The van der Waals surface area contributed by atoms with Crippen molar-refractivity contribution in [1.29, 1.82) is 0 Å². The van der Waals surface area contributed by atoms with E-state index in [1.54, 1.807) is 0 Å². The second-order valence-corrected chi connectivity index (χ2v) is 8.42. The predicted octanol–water partition coefficient (Wildman–Crippen LogP) is 5.17. The quantitative estimate of drug-likeness (QED) is 0.758. The molecular formula is C15H26BrNS. The fourth-order valence-corrected chi connectivity index (χ4v) is 3.48. The van der Waals surface area contributed by atoms with Gasteiger partial charge in [0.05, 0.1) is 0 Å². The van der Waals surface area contributed by atoms with Crippen LogP contribution >= 0.6 is 27.3 Å². The van der Waals surface area contributed by atoms with E-state index in [1.807, 2.05) is 11.3 Å². The van der Waals surface area contributed by atoms with Crippen molar-refractivity contribution in [3.63, 3.8) is 0 Å². The van der Waals surface area contributed by atoms with Crippen LogP contribution in [0, 0.1) is 12.8 Å². The number of nitrogens with one attached hydrogen (secondary N) is 1. The van der Waals surface area contributed by atoms with Gasteiger partial charge in [-0.15, -0.1) is 11.3 Å². The van der Waals surface area contributed by atoms with Gasteiger partial charge in [-0.2, -0.15) is 0 Å². The first-order valence-electron chi connectivity index (χ1n) is 6.78. The zero-order chi connectivity index (χ0) is 13.8. The van der Waals surface area contributed by atoms with Gasteiger partial charge in [0, 0.05) is 19.8 Å². The topological polar surface area (TPSA) is 12.0 Å². The number of aryl methyl sites for hydroxylation is 2. The average molecular weight is 332 g/mol. The van der Waals surface area contributed by atoms with Crippen LogP contribution < -0.4 is 5.32 Å². The molecule has 1 nitrogen and oxygen atoms in total. The van der Waals surface area contributed by atoms with Gasteiger partial charge in [0.25, 0.3) is 0 Å². The predicted molar refractivity (Wildman–Crippen MR) is 86.6 cm³/mol. The lowest BCUT2D eigenvalue weighted by Crippen LogP contribution is -2.36. The third-order valence-corrected chi connectivity index (χ3v) is 5.28. The van der Waals surface area contributed by atoms with E-state index in [1.165, 1.54) is 33.5 Å². The van der Waals surface area contributed by atoms with Crippen molar-refractivity contribution in [2.45, 2.75) is 59.4 Å². The van der Waals surface area contributed by atoms with Crippen molar-refractivity contribution in [3.05, 3.63) is 20.3 Å². The van der Waals surface area contributed by atoms with E-state index in [2.05, 4.69) is 61.9 Å².